The molecule has 0 radical (unpaired) electrons. The van der Waals surface area contributed by atoms with Crippen LogP contribution in [-0.4, -0.2) is 29.3 Å². The van der Waals surface area contributed by atoms with Crippen molar-refractivity contribution >= 4 is 23.2 Å². The smallest absolute Gasteiger partial charge is 0.235 e. The van der Waals surface area contributed by atoms with Crippen LogP contribution in [-0.2, 0) is 22.6 Å². The average molecular weight is 406 g/mol. The lowest BCUT2D eigenvalue weighted by atomic mass is 9.93. The topological polar surface area (TPSA) is 75.4 Å². The number of hydrogen-bond donors (Lipinski definition) is 2. The number of carbonyl (C=O) groups excluding carboxylic acids is 2. The Morgan fingerprint density at radius 2 is 1.76 bits per heavy atom. The van der Waals surface area contributed by atoms with Gasteiger partial charge in [-0.1, -0.05) is 60.7 Å². The SMILES string of the molecule is NC(=O)[C@@H]1Cc2ccccc2CN1CC(=O)NC(c1ccccc1)c1cccs1. The number of amides is 2. The van der Waals surface area contributed by atoms with Crippen molar-refractivity contribution in [3.8, 4) is 0 Å². The lowest BCUT2D eigenvalue weighted by molar-refractivity contribution is -0.127. The molecule has 1 aliphatic heterocycles. The van der Waals surface area contributed by atoms with E-state index in [1.807, 2.05) is 77.0 Å². The zero-order valence-electron chi connectivity index (χ0n) is 16.0. The number of rotatable bonds is 6. The molecule has 3 aromatic rings. The molecule has 5 nitrogen and oxygen atoms in total. The molecule has 2 atom stereocenters. The van der Waals surface area contributed by atoms with Gasteiger partial charge in [-0.15, -0.1) is 11.3 Å². The average Bonchev–Trinajstić information content (AvgIpc) is 3.26. The third-order valence-electron chi connectivity index (χ3n) is 5.29. The monoisotopic (exact) mass is 405 g/mol. The van der Waals surface area contributed by atoms with Gasteiger partial charge >= 0.3 is 0 Å². The first-order valence-corrected chi connectivity index (χ1v) is 10.5. The minimum atomic E-state index is -0.479. The highest BCUT2D eigenvalue weighted by atomic mass is 32.1. The predicted molar refractivity (Wildman–Crippen MR) is 114 cm³/mol. The summed E-state index contributed by atoms with van der Waals surface area (Å²) in [5.74, 6) is -0.525. The largest absolute Gasteiger partial charge is 0.368 e. The first-order valence-electron chi connectivity index (χ1n) is 9.59. The second-order valence-corrected chi connectivity index (χ2v) is 8.20. The van der Waals surface area contributed by atoms with E-state index in [-0.39, 0.29) is 18.5 Å². The number of nitrogens with two attached hydrogens (primary N) is 1. The molecule has 0 bridgehead atoms. The van der Waals surface area contributed by atoms with Crippen molar-refractivity contribution in [2.75, 3.05) is 6.54 Å². The number of fused-ring (bicyclic) bond motifs is 1. The lowest BCUT2D eigenvalue weighted by Crippen LogP contribution is -2.52. The standard InChI is InChI=1S/C23H23N3O2S/c24-23(28)19-13-17-9-4-5-10-18(17)14-26(19)15-21(27)25-22(20-11-6-12-29-20)16-7-2-1-3-8-16/h1-12,19,22H,13-15H2,(H2,24,28)(H,25,27)/t19-,22?/m0/s1. The summed E-state index contributed by atoms with van der Waals surface area (Å²) in [6.07, 6.45) is 0.534. The van der Waals surface area contributed by atoms with Gasteiger partial charge in [-0.25, -0.2) is 0 Å². The van der Waals surface area contributed by atoms with Crippen molar-refractivity contribution in [3.63, 3.8) is 0 Å². The third-order valence-corrected chi connectivity index (χ3v) is 6.22. The molecule has 0 spiro atoms. The van der Waals surface area contributed by atoms with E-state index in [0.717, 1.165) is 21.6 Å². The first kappa shape index (κ1) is 19.4. The summed E-state index contributed by atoms with van der Waals surface area (Å²) in [5.41, 5.74) is 8.93. The molecule has 0 aliphatic carbocycles. The van der Waals surface area contributed by atoms with Gasteiger partial charge in [0, 0.05) is 11.4 Å². The minimum absolute atomic E-state index is 0.122. The third kappa shape index (κ3) is 4.39. The van der Waals surface area contributed by atoms with Crippen LogP contribution in [0.1, 0.15) is 27.6 Å². The Kier molecular flexibility index (Phi) is 5.74. The van der Waals surface area contributed by atoms with Gasteiger partial charge in [0.05, 0.1) is 18.6 Å². The van der Waals surface area contributed by atoms with Crippen molar-refractivity contribution in [2.45, 2.75) is 25.0 Å². The molecule has 148 valence electrons. The van der Waals surface area contributed by atoms with E-state index in [9.17, 15) is 9.59 Å². The van der Waals surface area contributed by atoms with Gasteiger partial charge in [-0.05, 0) is 34.6 Å². The molecule has 1 aliphatic rings. The van der Waals surface area contributed by atoms with Crippen LogP contribution >= 0.6 is 11.3 Å². The number of carbonyl (C=O) groups is 2. The molecule has 3 N–H and O–H groups in total. The molecule has 29 heavy (non-hydrogen) atoms. The fraction of sp³-hybridized carbons (Fsp3) is 0.217. The highest BCUT2D eigenvalue weighted by Gasteiger charge is 2.31. The first-order chi connectivity index (χ1) is 14.1. The van der Waals surface area contributed by atoms with Crippen LogP contribution in [0.25, 0.3) is 0 Å². The van der Waals surface area contributed by atoms with Crippen LogP contribution in [0.3, 0.4) is 0 Å². The van der Waals surface area contributed by atoms with E-state index in [4.69, 9.17) is 5.73 Å². The van der Waals surface area contributed by atoms with Crippen molar-refractivity contribution in [1.29, 1.82) is 0 Å². The fourth-order valence-corrected chi connectivity index (χ4v) is 4.64. The zero-order chi connectivity index (χ0) is 20.2. The van der Waals surface area contributed by atoms with Crippen molar-refractivity contribution in [2.24, 2.45) is 5.73 Å². The molecule has 2 heterocycles. The number of benzene rings is 2. The molecule has 0 fully saturated rings. The van der Waals surface area contributed by atoms with Crippen molar-refractivity contribution in [1.82, 2.24) is 10.2 Å². The van der Waals surface area contributed by atoms with Crippen LogP contribution in [0.5, 0.6) is 0 Å². The van der Waals surface area contributed by atoms with Crippen LogP contribution in [0.15, 0.2) is 72.1 Å². The molecule has 2 amide bonds. The highest BCUT2D eigenvalue weighted by Crippen LogP contribution is 2.27. The number of thiophene rings is 1. The normalized spacial score (nSPS) is 17.3. The van der Waals surface area contributed by atoms with Crippen LogP contribution in [0.2, 0.25) is 0 Å². The maximum absolute atomic E-state index is 13.0. The Labute approximate surface area is 174 Å². The zero-order valence-corrected chi connectivity index (χ0v) is 16.8. The molecule has 0 saturated carbocycles. The number of nitrogens with one attached hydrogen (secondary N) is 1. The summed E-state index contributed by atoms with van der Waals surface area (Å²) in [5, 5.41) is 5.15. The molecule has 4 rings (SSSR count). The van der Waals surface area contributed by atoms with Gasteiger partial charge in [-0.3, -0.25) is 14.5 Å². The number of nitrogens with zero attached hydrogens (tertiary/aromatic N) is 1. The van der Waals surface area contributed by atoms with Crippen LogP contribution in [0, 0.1) is 0 Å². The van der Waals surface area contributed by atoms with Crippen molar-refractivity contribution in [3.05, 3.63) is 93.7 Å². The van der Waals surface area contributed by atoms with Crippen LogP contribution in [0.4, 0.5) is 0 Å². The Morgan fingerprint density at radius 1 is 1.03 bits per heavy atom. The van der Waals surface area contributed by atoms with E-state index in [0.29, 0.717) is 13.0 Å². The van der Waals surface area contributed by atoms with Crippen molar-refractivity contribution < 1.29 is 9.59 Å². The minimum Gasteiger partial charge on any atom is -0.368 e. The Morgan fingerprint density at radius 3 is 2.45 bits per heavy atom. The summed E-state index contributed by atoms with van der Waals surface area (Å²) in [6, 6.07) is 21.2. The van der Waals surface area contributed by atoms with Gasteiger partial charge in [0.15, 0.2) is 0 Å². The molecular formula is C23H23N3O2S. The predicted octanol–water partition coefficient (Wildman–Crippen LogP) is 2.87. The number of primary amides is 1. The van der Waals surface area contributed by atoms with E-state index >= 15 is 0 Å². The van der Waals surface area contributed by atoms with Gasteiger partial charge in [0.25, 0.3) is 0 Å². The molecule has 6 heteroatoms. The van der Waals surface area contributed by atoms with E-state index < -0.39 is 11.9 Å². The molecule has 2 aromatic carbocycles. The van der Waals surface area contributed by atoms with Gasteiger partial charge in [0.1, 0.15) is 0 Å². The Balaban J connectivity index is 1.52. The molecule has 0 saturated heterocycles. The van der Waals surface area contributed by atoms with Gasteiger partial charge < -0.3 is 11.1 Å². The lowest BCUT2D eigenvalue weighted by Gasteiger charge is -2.34. The highest BCUT2D eigenvalue weighted by molar-refractivity contribution is 7.10. The molecular weight excluding hydrogens is 382 g/mol. The molecule has 1 aromatic heterocycles. The Bertz CT molecular complexity index is 988. The number of hydrogen-bond acceptors (Lipinski definition) is 4. The maximum Gasteiger partial charge on any atom is 0.235 e. The van der Waals surface area contributed by atoms with E-state index in [1.54, 1.807) is 11.3 Å². The van der Waals surface area contributed by atoms with Crippen LogP contribution < -0.4 is 11.1 Å². The van der Waals surface area contributed by atoms with Gasteiger partial charge in [0.2, 0.25) is 11.8 Å². The quantitative estimate of drug-likeness (QED) is 0.662. The summed E-state index contributed by atoms with van der Waals surface area (Å²) in [6.45, 7) is 0.656. The summed E-state index contributed by atoms with van der Waals surface area (Å²) in [7, 11) is 0. The fourth-order valence-electron chi connectivity index (χ4n) is 3.83. The summed E-state index contributed by atoms with van der Waals surface area (Å²) < 4.78 is 0. The Hall–Kier alpha value is -2.96. The second kappa shape index (κ2) is 8.59. The van der Waals surface area contributed by atoms with E-state index in [1.165, 1.54) is 0 Å². The second-order valence-electron chi connectivity index (χ2n) is 7.22. The summed E-state index contributed by atoms with van der Waals surface area (Å²) >= 11 is 1.61. The van der Waals surface area contributed by atoms with Gasteiger partial charge in [-0.2, -0.15) is 0 Å². The van der Waals surface area contributed by atoms with E-state index in [2.05, 4.69) is 5.32 Å². The molecule has 1 unspecified atom stereocenters. The maximum atomic E-state index is 13.0. The summed E-state index contributed by atoms with van der Waals surface area (Å²) in [4.78, 5) is 27.9.